The fourth-order valence-corrected chi connectivity index (χ4v) is 8.73. The number of fused-ring (bicyclic) bond motifs is 15. The zero-order valence-electron chi connectivity index (χ0n) is 25.9. The normalized spacial score (nSPS) is 13.6. The second-order valence-corrected chi connectivity index (χ2v) is 13.0. The fourth-order valence-electron chi connectivity index (χ4n) is 8.73. The molecule has 0 N–H and O–H groups in total. The van der Waals surface area contributed by atoms with Crippen molar-refractivity contribution < 1.29 is 0 Å². The molecule has 11 rings (SSSR count). The number of hydrogen-bond donors (Lipinski definition) is 0. The molecule has 0 saturated carbocycles. The molecule has 0 amide bonds. The topological polar surface area (TPSA) is 30.2 Å². The van der Waals surface area contributed by atoms with Crippen LogP contribution in [0.4, 0.5) is 0 Å². The van der Waals surface area contributed by atoms with Crippen molar-refractivity contribution in [2.24, 2.45) is 0 Å². The van der Waals surface area contributed by atoms with Gasteiger partial charge in [0.1, 0.15) is 0 Å². The zero-order valence-corrected chi connectivity index (χ0v) is 25.9. The first-order chi connectivity index (χ1) is 23.8. The molecule has 0 unspecified atom stereocenters. The first-order valence-corrected chi connectivity index (χ1v) is 16.5. The molecule has 9 aromatic rings. The summed E-state index contributed by atoms with van der Waals surface area (Å²) >= 11 is 0. The van der Waals surface area contributed by atoms with Crippen LogP contribution in [0, 0.1) is 0 Å². The molecule has 222 valence electrons. The minimum Gasteiger partial charge on any atom is -0.291 e. The smallest absolute Gasteiger partial charge is 0.234 e. The number of imidazole rings is 1. The lowest BCUT2D eigenvalue weighted by Gasteiger charge is -2.31. The SMILES string of the molecule is c1ccc2c(c1)-c1ccccc1C21c2ccc3ccccc3c2-c2ccc3cc(-c4ccc(-c5cn6cccnc6n5)cc4)ccc3c21. The van der Waals surface area contributed by atoms with Crippen LogP contribution >= 0.6 is 0 Å². The molecule has 0 aliphatic heterocycles. The van der Waals surface area contributed by atoms with Gasteiger partial charge in [0.05, 0.1) is 11.1 Å². The molecule has 0 radical (unpaired) electrons. The summed E-state index contributed by atoms with van der Waals surface area (Å²) in [4.78, 5) is 9.09. The highest BCUT2D eigenvalue weighted by Gasteiger charge is 2.52. The van der Waals surface area contributed by atoms with E-state index in [9.17, 15) is 0 Å². The van der Waals surface area contributed by atoms with Crippen LogP contribution in [0.1, 0.15) is 22.3 Å². The van der Waals surface area contributed by atoms with Gasteiger partial charge >= 0.3 is 0 Å². The highest BCUT2D eigenvalue weighted by molar-refractivity contribution is 6.11. The van der Waals surface area contributed by atoms with Gasteiger partial charge in [-0.1, -0.05) is 133 Å². The van der Waals surface area contributed by atoms with Gasteiger partial charge in [-0.05, 0) is 89.3 Å². The number of nitrogens with zero attached hydrogens (tertiary/aromatic N) is 3. The van der Waals surface area contributed by atoms with Gasteiger partial charge in [0.2, 0.25) is 5.78 Å². The summed E-state index contributed by atoms with van der Waals surface area (Å²) in [6, 6.07) is 54.0. The van der Waals surface area contributed by atoms with E-state index < -0.39 is 5.41 Å². The van der Waals surface area contributed by atoms with Crippen molar-refractivity contribution >= 4 is 27.3 Å². The molecule has 0 saturated heterocycles. The number of hydrogen-bond acceptors (Lipinski definition) is 2. The molecule has 3 nitrogen and oxygen atoms in total. The van der Waals surface area contributed by atoms with Gasteiger partial charge in [-0.3, -0.25) is 4.40 Å². The Kier molecular flexibility index (Phi) is 5.04. The molecule has 0 atom stereocenters. The second-order valence-electron chi connectivity index (χ2n) is 13.0. The molecule has 2 aliphatic rings. The number of benzene rings is 7. The summed E-state index contributed by atoms with van der Waals surface area (Å²) in [5.74, 6) is 0.707. The zero-order chi connectivity index (χ0) is 31.4. The van der Waals surface area contributed by atoms with Crippen LogP contribution in [-0.4, -0.2) is 14.4 Å². The maximum atomic E-state index is 4.71. The van der Waals surface area contributed by atoms with Crippen molar-refractivity contribution in [1.29, 1.82) is 0 Å². The van der Waals surface area contributed by atoms with Crippen LogP contribution in [0.2, 0.25) is 0 Å². The molecule has 3 heteroatoms. The third kappa shape index (κ3) is 3.27. The van der Waals surface area contributed by atoms with Crippen molar-refractivity contribution in [1.82, 2.24) is 14.4 Å². The first kappa shape index (κ1) is 25.8. The molecule has 2 heterocycles. The van der Waals surface area contributed by atoms with Crippen LogP contribution < -0.4 is 0 Å². The molecular weight excluding hydrogens is 583 g/mol. The Morgan fingerprint density at radius 3 is 2.02 bits per heavy atom. The molecule has 0 fully saturated rings. The average molecular weight is 610 g/mol. The van der Waals surface area contributed by atoms with Gasteiger partial charge in [0.25, 0.3) is 0 Å². The van der Waals surface area contributed by atoms with Gasteiger partial charge in [-0.25, -0.2) is 9.97 Å². The van der Waals surface area contributed by atoms with Gasteiger partial charge in [0, 0.05) is 24.2 Å². The lowest BCUT2D eigenvalue weighted by molar-refractivity contribution is 0.802. The number of aromatic nitrogens is 3. The highest BCUT2D eigenvalue weighted by atomic mass is 15.1. The van der Waals surface area contributed by atoms with E-state index in [1.807, 2.05) is 22.9 Å². The van der Waals surface area contributed by atoms with E-state index in [1.54, 1.807) is 6.20 Å². The van der Waals surface area contributed by atoms with E-state index in [0.29, 0.717) is 5.78 Å². The predicted molar refractivity (Wildman–Crippen MR) is 195 cm³/mol. The predicted octanol–water partition coefficient (Wildman–Crippen LogP) is 10.7. The lowest BCUT2D eigenvalue weighted by Crippen LogP contribution is -2.26. The quantitative estimate of drug-likeness (QED) is 0.195. The summed E-state index contributed by atoms with van der Waals surface area (Å²) < 4.78 is 1.96. The molecule has 1 spiro atoms. The van der Waals surface area contributed by atoms with Crippen LogP contribution in [0.25, 0.3) is 72.0 Å². The van der Waals surface area contributed by atoms with E-state index in [2.05, 4.69) is 145 Å². The lowest BCUT2D eigenvalue weighted by atomic mass is 9.69. The minimum atomic E-state index is -0.395. The fraction of sp³-hybridized carbons (Fsp3) is 0.0222. The first-order valence-electron chi connectivity index (χ1n) is 16.5. The third-order valence-electron chi connectivity index (χ3n) is 10.7. The van der Waals surface area contributed by atoms with E-state index in [1.165, 1.54) is 77.2 Å². The molecule has 0 bridgehead atoms. The maximum absolute atomic E-state index is 4.71. The summed E-state index contributed by atoms with van der Waals surface area (Å²) in [7, 11) is 0. The van der Waals surface area contributed by atoms with Gasteiger partial charge in [0.15, 0.2) is 0 Å². The minimum absolute atomic E-state index is 0.395. The molecule has 2 aliphatic carbocycles. The molecular formula is C45H27N3. The van der Waals surface area contributed by atoms with Crippen molar-refractivity contribution in [3.63, 3.8) is 0 Å². The number of rotatable bonds is 2. The van der Waals surface area contributed by atoms with E-state index in [4.69, 9.17) is 4.98 Å². The van der Waals surface area contributed by atoms with Crippen LogP contribution in [0.5, 0.6) is 0 Å². The van der Waals surface area contributed by atoms with E-state index in [0.717, 1.165) is 11.3 Å². The van der Waals surface area contributed by atoms with Crippen LogP contribution in [-0.2, 0) is 5.41 Å². The van der Waals surface area contributed by atoms with Crippen LogP contribution in [0.3, 0.4) is 0 Å². The van der Waals surface area contributed by atoms with E-state index in [-0.39, 0.29) is 0 Å². The maximum Gasteiger partial charge on any atom is 0.234 e. The third-order valence-corrected chi connectivity index (χ3v) is 10.7. The highest BCUT2D eigenvalue weighted by Crippen LogP contribution is 2.65. The molecule has 7 aromatic carbocycles. The Hall–Kier alpha value is -6.32. The molecule has 2 aromatic heterocycles. The molecule has 48 heavy (non-hydrogen) atoms. The monoisotopic (exact) mass is 609 g/mol. The largest absolute Gasteiger partial charge is 0.291 e. The van der Waals surface area contributed by atoms with Crippen molar-refractivity contribution in [2.75, 3.05) is 0 Å². The van der Waals surface area contributed by atoms with Gasteiger partial charge < -0.3 is 0 Å². The van der Waals surface area contributed by atoms with E-state index >= 15 is 0 Å². The average Bonchev–Trinajstić information content (AvgIpc) is 3.82. The Morgan fingerprint density at radius 2 is 1.21 bits per heavy atom. The Bertz CT molecular complexity index is 2710. The van der Waals surface area contributed by atoms with Crippen molar-refractivity contribution in [2.45, 2.75) is 5.41 Å². The van der Waals surface area contributed by atoms with Crippen LogP contribution in [0.15, 0.2) is 164 Å². The van der Waals surface area contributed by atoms with Crippen molar-refractivity contribution in [3.05, 3.63) is 186 Å². The summed E-state index contributed by atoms with van der Waals surface area (Å²) in [6.45, 7) is 0. The standard InChI is InChI=1S/C45H27N3/c1-2-9-33-29(8-1)20-23-40-42(33)37-22-19-32-26-31(28-14-16-30(17-15-28)41-27-48-25-7-24-46-44(48)47-41)18-21-34(32)43(37)45(40)38-12-5-3-10-35(38)36-11-4-6-13-39(36)45/h1-27H. The Labute approximate surface area is 277 Å². The summed E-state index contributed by atoms with van der Waals surface area (Å²) in [5, 5.41) is 5.14. The van der Waals surface area contributed by atoms with Gasteiger partial charge in [-0.15, -0.1) is 0 Å². The van der Waals surface area contributed by atoms with Gasteiger partial charge in [-0.2, -0.15) is 0 Å². The summed E-state index contributed by atoms with van der Waals surface area (Å²) in [6.07, 6.45) is 5.79. The Morgan fingerprint density at radius 1 is 0.500 bits per heavy atom. The Balaban J connectivity index is 1.14. The summed E-state index contributed by atoms with van der Waals surface area (Å²) in [5.41, 5.74) is 14.9. The van der Waals surface area contributed by atoms with Crippen molar-refractivity contribution in [3.8, 4) is 44.6 Å². The second kappa shape index (κ2) is 9.37.